The molecule has 0 aliphatic rings. The second-order valence-corrected chi connectivity index (χ2v) is 3.97. The normalized spacial score (nSPS) is 10.3. The van der Waals surface area contributed by atoms with E-state index < -0.39 is 5.91 Å². The van der Waals surface area contributed by atoms with Gasteiger partial charge in [-0.1, -0.05) is 16.8 Å². The molecule has 2 rings (SSSR count). The van der Waals surface area contributed by atoms with E-state index in [1.807, 2.05) is 0 Å². The molecule has 1 aromatic heterocycles. The Hall–Kier alpha value is -2.08. The third-order valence-electron chi connectivity index (χ3n) is 2.13. The van der Waals surface area contributed by atoms with Crippen LogP contribution in [0.15, 0.2) is 22.7 Å². The van der Waals surface area contributed by atoms with Crippen molar-refractivity contribution in [2.24, 2.45) is 5.73 Å². The van der Waals surface area contributed by atoms with Crippen LogP contribution in [-0.2, 0) is 6.61 Å². The highest BCUT2D eigenvalue weighted by atomic mass is 35.5. The molecule has 0 atom stereocenters. The highest BCUT2D eigenvalue weighted by molar-refractivity contribution is 6.30. The molecule has 94 valence electrons. The number of carbonyl (C=O) groups is 1. The smallest absolute Gasteiger partial charge is 0.264 e. The molecule has 2 aromatic rings. The fourth-order valence-corrected chi connectivity index (χ4v) is 1.52. The zero-order valence-electron chi connectivity index (χ0n) is 9.51. The molecular formula is C11H10ClN3O3. The number of aryl methyl sites for hydroxylation is 1. The Bertz CT molecular complexity index is 583. The van der Waals surface area contributed by atoms with Gasteiger partial charge in [-0.05, 0) is 25.1 Å². The van der Waals surface area contributed by atoms with E-state index in [-0.39, 0.29) is 17.9 Å². The van der Waals surface area contributed by atoms with Gasteiger partial charge in [-0.3, -0.25) is 4.79 Å². The lowest BCUT2D eigenvalue weighted by Gasteiger charge is -2.07. The minimum Gasteiger partial charge on any atom is -0.483 e. The minimum absolute atomic E-state index is 0.0431. The predicted octanol–water partition coefficient (Wildman–Crippen LogP) is 1.71. The van der Waals surface area contributed by atoms with Gasteiger partial charge in [0.2, 0.25) is 0 Å². The van der Waals surface area contributed by atoms with E-state index in [0.717, 1.165) is 0 Å². The summed E-state index contributed by atoms with van der Waals surface area (Å²) in [6, 6.07) is 4.56. The zero-order valence-corrected chi connectivity index (χ0v) is 10.3. The van der Waals surface area contributed by atoms with Gasteiger partial charge in [-0.25, -0.2) is 0 Å². The highest BCUT2D eigenvalue weighted by Crippen LogP contribution is 2.23. The number of primary amides is 1. The first-order valence-electron chi connectivity index (χ1n) is 5.07. The van der Waals surface area contributed by atoms with E-state index in [1.165, 1.54) is 12.1 Å². The number of amides is 1. The fraction of sp³-hybridized carbons (Fsp3) is 0.182. The van der Waals surface area contributed by atoms with Gasteiger partial charge in [0.15, 0.2) is 12.4 Å². The standard InChI is InChI=1S/C11H10ClN3O3/c1-6-14-10(18-15-6)5-17-9-4-7(12)2-3-8(9)11(13)16/h2-4H,5H2,1H3,(H2,13,16). The molecule has 1 aromatic carbocycles. The zero-order chi connectivity index (χ0) is 13.1. The quantitative estimate of drug-likeness (QED) is 0.910. The molecule has 2 N–H and O–H groups in total. The summed E-state index contributed by atoms with van der Waals surface area (Å²) in [6.45, 7) is 1.74. The average molecular weight is 268 g/mol. The summed E-state index contributed by atoms with van der Waals surface area (Å²) in [5.74, 6) is 0.506. The Morgan fingerprint density at radius 1 is 1.56 bits per heavy atom. The van der Waals surface area contributed by atoms with Crippen molar-refractivity contribution in [3.63, 3.8) is 0 Å². The summed E-state index contributed by atoms with van der Waals surface area (Å²) in [4.78, 5) is 15.2. The monoisotopic (exact) mass is 267 g/mol. The molecule has 6 nitrogen and oxygen atoms in total. The maximum atomic E-state index is 11.2. The van der Waals surface area contributed by atoms with Crippen LogP contribution in [-0.4, -0.2) is 16.0 Å². The molecule has 1 heterocycles. The second-order valence-electron chi connectivity index (χ2n) is 3.53. The summed E-state index contributed by atoms with van der Waals surface area (Å²) in [5, 5.41) is 4.06. The molecular weight excluding hydrogens is 258 g/mol. The lowest BCUT2D eigenvalue weighted by atomic mass is 10.2. The van der Waals surface area contributed by atoms with E-state index in [1.54, 1.807) is 13.0 Å². The van der Waals surface area contributed by atoms with Gasteiger partial charge >= 0.3 is 0 Å². The first-order valence-corrected chi connectivity index (χ1v) is 5.45. The molecule has 0 aliphatic carbocycles. The van der Waals surface area contributed by atoms with Crippen LogP contribution in [0.25, 0.3) is 0 Å². The topological polar surface area (TPSA) is 91.2 Å². The molecule has 0 unspecified atom stereocenters. The van der Waals surface area contributed by atoms with Crippen molar-refractivity contribution in [3.05, 3.63) is 40.5 Å². The number of hydrogen-bond donors (Lipinski definition) is 1. The maximum Gasteiger partial charge on any atom is 0.264 e. The predicted molar refractivity (Wildman–Crippen MR) is 63.3 cm³/mol. The number of benzene rings is 1. The fourth-order valence-electron chi connectivity index (χ4n) is 1.36. The summed E-state index contributed by atoms with van der Waals surface area (Å²) in [5.41, 5.74) is 5.47. The molecule has 0 radical (unpaired) electrons. The number of carbonyl (C=O) groups excluding carboxylic acids is 1. The summed E-state index contributed by atoms with van der Waals surface area (Å²) >= 11 is 5.82. The van der Waals surface area contributed by atoms with E-state index in [2.05, 4.69) is 10.1 Å². The van der Waals surface area contributed by atoms with Crippen LogP contribution in [0.5, 0.6) is 5.75 Å². The van der Waals surface area contributed by atoms with Gasteiger partial charge in [0.1, 0.15) is 5.75 Å². The Balaban J connectivity index is 2.17. The molecule has 0 aliphatic heterocycles. The van der Waals surface area contributed by atoms with Crippen LogP contribution in [0.3, 0.4) is 0 Å². The lowest BCUT2D eigenvalue weighted by molar-refractivity contribution is 0.0995. The first-order chi connectivity index (χ1) is 8.56. The van der Waals surface area contributed by atoms with Gasteiger partial charge < -0.3 is 15.0 Å². The number of hydrogen-bond acceptors (Lipinski definition) is 5. The van der Waals surface area contributed by atoms with Crippen molar-refractivity contribution in [2.45, 2.75) is 13.5 Å². The number of ether oxygens (including phenoxy) is 1. The van der Waals surface area contributed by atoms with E-state index in [9.17, 15) is 4.79 Å². The Morgan fingerprint density at radius 3 is 2.94 bits per heavy atom. The molecule has 0 spiro atoms. The molecule has 0 bridgehead atoms. The molecule has 0 saturated carbocycles. The van der Waals surface area contributed by atoms with Crippen molar-refractivity contribution in [1.82, 2.24) is 10.1 Å². The summed E-state index contributed by atoms with van der Waals surface area (Å²) < 4.78 is 10.3. The summed E-state index contributed by atoms with van der Waals surface area (Å²) in [7, 11) is 0. The molecule has 0 saturated heterocycles. The van der Waals surface area contributed by atoms with Crippen LogP contribution in [0.1, 0.15) is 22.1 Å². The highest BCUT2D eigenvalue weighted by Gasteiger charge is 2.11. The van der Waals surface area contributed by atoms with Gasteiger partial charge in [0.05, 0.1) is 5.56 Å². The minimum atomic E-state index is -0.594. The summed E-state index contributed by atoms with van der Waals surface area (Å²) in [6.07, 6.45) is 0. The van der Waals surface area contributed by atoms with E-state index in [0.29, 0.717) is 16.7 Å². The molecule has 1 amide bonds. The molecule has 7 heteroatoms. The van der Waals surface area contributed by atoms with Crippen LogP contribution in [0, 0.1) is 6.92 Å². The number of nitrogens with zero attached hydrogens (tertiary/aromatic N) is 2. The maximum absolute atomic E-state index is 11.2. The van der Waals surface area contributed by atoms with Crippen molar-refractivity contribution in [3.8, 4) is 5.75 Å². The average Bonchev–Trinajstić information content (AvgIpc) is 2.72. The van der Waals surface area contributed by atoms with Crippen molar-refractivity contribution in [2.75, 3.05) is 0 Å². The number of aromatic nitrogens is 2. The number of rotatable bonds is 4. The van der Waals surface area contributed by atoms with Crippen LogP contribution >= 0.6 is 11.6 Å². The van der Waals surface area contributed by atoms with Crippen molar-refractivity contribution < 1.29 is 14.1 Å². The number of halogens is 1. The number of nitrogens with two attached hydrogens (primary N) is 1. The first kappa shape index (κ1) is 12.4. The second kappa shape index (κ2) is 5.05. The van der Waals surface area contributed by atoms with Gasteiger partial charge in [-0.2, -0.15) is 4.98 Å². The van der Waals surface area contributed by atoms with Gasteiger partial charge in [-0.15, -0.1) is 0 Å². The van der Waals surface area contributed by atoms with Crippen LogP contribution in [0.2, 0.25) is 5.02 Å². The van der Waals surface area contributed by atoms with Crippen LogP contribution < -0.4 is 10.5 Å². The third kappa shape index (κ3) is 2.78. The van der Waals surface area contributed by atoms with Crippen molar-refractivity contribution in [1.29, 1.82) is 0 Å². The van der Waals surface area contributed by atoms with Gasteiger partial charge in [0, 0.05) is 5.02 Å². The van der Waals surface area contributed by atoms with Crippen molar-refractivity contribution >= 4 is 17.5 Å². The van der Waals surface area contributed by atoms with Crippen LogP contribution in [0.4, 0.5) is 0 Å². The Kier molecular flexibility index (Phi) is 3.47. The molecule has 18 heavy (non-hydrogen) atoms. The SMILES string of the molecule is Cc1noc(COc2cc(Cl)ccc2C(N)=O)n1. The van der Waals surface area contributed by atoms with Gasteiger partial charge in [0.25, 0.3) is 11.8 Å². The largest absolute Gasteiger partial charge is 0.483 e. The third-order valence-corrected chi connectivity index (χ3v) is 2.36. The van der Waals surface area contributed by atoms with E-state index in [4.69, 9.17) is 26.6 Å². The Morgan fingerprint density at radius 2 is 2.33 bits per heavy atom. The lowest BCUT2D eigenvalue weighted by Crippen LogP contribution is -2.13. The molecule has 0 fully saturated rings. The Labute approximate surface area is 108 Å². The van der Waals surface area contributed by atoms with E-state index >= 15 is 0 Å².